The second kappa shape index (κ2) is 5.72. The van der Waals surface area contributed by atoms with E-state index < -0.39 is 0 Å². The fourth-order valence-corrected chi connectivity index (χ4v) is 1.76. The van der Waals surface area contributed by atoms with Crippen LogP contribution in [0.4, 0.5) is 0 Å². The molecule has 1 unspecified atom stereocenters. The first-order valence-corrected chi connectivity index (χ1v) is 5.78. The Bertz CT molecular complexity index is 147. The second-order valence-electron chi connectivity index (χ2n) is 5.40. The minimum Gasteiger partial charge on any atom is -0.311 e. The Balaban J connectivity index is 3.99. The van der Waals surface area contributed by atoms with Gasteiger partial charge in [-0.2, -0.15) is 0 Å². The normalized spacial score (nSPS) is 15.2. The van der Waals surface area contributed by atoms with Gasteiger partial charge in [0.15, 0.2) is 0 Å². The monoisotopic (exact) mass is 200 g/mol. The Morgan fingerprint density at radius 1 is 1.14 bits per heavy atom. The molecule has 1 N–H and O–H groups in total. The quantitative estimate of drug-likeness (QED) is 0.733. The highest BCUT2D eigenvalue weighted by atomic mass is 15.2. The summed E-state index contributed by atoms with van der Waals surface area (Å²) in [6.07, 6.45) is 0. The van der Waals surface area contributed by atoms with Crippen LogP contribution in [0.15, 0.2) is 0 Å². The summed E-state index contributed by atoms with van der Waals surface area (Å²) in [6.45, 7) is 17.9. The van der Waals surface area contributed by atoms with E-state index in [1.54, 1.807) is 0 Å². The summed E-state index contributed by atoms with van der Waals surface area (Å²) in [7, 11) is 0. The third-order valence-electron chi connectivity index (χ3n) is 2.52. The van der Waals surface area contributed by atoms with Gasteiger partial charge in [0.05, 0.1) is 0 Å². The maximum absolute atomic E-state index is 3.55. The number of likely N-dealkylation sites (N-methyl/N-ethyl adjacent to an activating group) is 1. The van der Waals surface area contributed by atoms with E-state index in [0.29, 0.717) is 12.1 Å². The number of nitrogens with zero attached hydrogens (tertiary/aromatic N) is 1. The first-order valence-electron chi connectivity index (χ1n) is 5.78. The van der Waals surface area contributed by atoms with E-state index in [0.717, 1.165) is 13.1 Å². The number of rotatable bonds is 5. The van der Waals surface area contributed by atoms with Gasteiger partial charge in [-0.05, 0) is 48.1 Å². The van der Waals surface area contributed by atoms with Crippen LogP contribution >= 0.6 is 0 Å². The van der Waals surface area contributed by atoms with Crippen molar-refractivity contribution in [1.29, 1.82) is 0 Å². The summed E-state index contributed by atoms with van der Waals surface area (Å²) >= 11 is 0. The smallest absolute Gasteiger partial charge is 0.0195 e. The van der Waals surface area contributed by atoms with E-state index in [9.17, 15) is 0 Å². The summed E-state index contributed by atoms with van der Waals surface area (Å²) in [5.74, 6) is 0. The average Bonchev–Trinajstić information content (AvgIpc) is 2.00. The summed E-state index contributed by atoms with van der Waals surface area (Å²) < 4.78 is 0. The largest absolute Gasteiger partial charge is 0.311 e. The van der Waals surface area contributed by atoms with Gasteiger partial charge in [-0.15, -0.1) is 0 Å². The Morgan fingerprint density at radius 2 is 1.64 bits per heavy atom. The number of hydrogen-bond acceptors (Lipinski definition) is 2. The molecule has 0 aromatic heterocycles. The van der Waals surface area contributed by atoms with Crippen LogP contribution in [0, 0.1) is 0 Å². The molecule has 0 bridgehead atoms. The fourth-order valence-electron chi connectivity index (χ4n) is 1.76. The lowest BCUT2D eigenvalue weighted by Crippen LogP contribution is -2.48. The van der Waals surface area contributed by atoms with Crippen molar-refractivity contribution in [1.82, 2.24) is 10.2 Å². The zero-order valence-electron chi connectivity index (χ0n) is 11.0. The van der Waals surface area contributed by atoms with Gasteiger partial charge in [0.1, 0.15) is 0 Å². The maximum Gasteiger partial charge on any atom is 0.0195 e. The lowest BCUT2D eigenvalue weighted by molar-refractivity contribution is 0.163. The van der Waals surface area contributed by atoms with Gasteiger partial charge in [-0.25, -0.2) is 0 Å². The summed E-state index contributed by atoms with van der Waals surface area (Å²) in [5.41, 5.74) is 0.227. The van der Waals surface area contributed by atoms with Crippen molar-refractivity contribution in [3.05, 3.63) is 0 Å². The molecule has 0 radical (unpaired) electrons. The summed E-state index contributed by atoms with van der Waals surface area (Å²) in [6, 6.07) is 1.25. The Hall–Kier alpha value is -0.0800. The standard InChI is InChI=1S/C12H28N2/c1-8-14(10(2)3)11(4)9-13-12(5,6)7/h10-11,13H,8-9H2,1-7H3. The van der Waals surface area contributed by atoms with E-state index >= 15 is 0 Å². The Labute approximate surface area is 90.1 Å². The highest BCUT2D eigenvalue weighted by Crippen LogP contribution is 2.06. The van der Waals surface area contributed by atoms with Crippen molar-refractivity contribution in [2.45, 2.75) is 66.1 Å². The molecule has 0 aliphatic rings. The topological polar surface area (TPSA) is 15.3 Å². The van der Waals surface area contributed by atoms with Crippen LogP contribution in [0.2, 0.25) is 0 Å². The van der Waals surface area contributed by atoms with Crippen molar-refractivity contribution < 1.29 is 0 Å². The zero-order chi connectivity index (χ0) is 11.4. The van der Waals surface area contributed by atoms with Crippen LogP contribution in [-0.4, -0.2) is 35.6 Å². The van der Waals surface area contributed by atoms with E-state index in [-0.39, 0.29) is 5.54 Å². The van der Waals surface area contributed by atoms with Gasteiger partial charge in [-0.3, -0.25) is 4.90 Å². The summed E-state index contributed by atoms with van der Waals surface area (Å²) in [5, 5.41) is 3.55. The van der Waals surface area contributed by atoms with E-state index in [1.807, 2.05) is 0 Å². The van der Waals surface area contributed by atoms with Crippen molar-refractivity contribution >= 4 is 0 Å². The third kappa shape index (κ3) is 5.61. The molecule has 0 amide bonds. The van der Waals surface area contributed by atoms with E-state index in [4.69, 9.17) is 0 Å². The third-order valence-corrected chi connectivity index (χ3v) is 2.52. The van der Waals surface area contributed by atoms with Crippen LogP contribution in [0.1, 0.15) is 48.5 Å². The molecule has 0 aliphatic heterocycles. The van der Waals surface area contributed by atoms with Crippen LogP contribution in [-0.2, 0) is 0 Å². The Kier molecular flexibility index (Phi) is 5.68. The van der Waals surface area contributed by atoms with Crippen molar-refractivity contribution in [2.75, 3.05) is 13.1 Å². The summed E-state index contributed by atoms with van der Waals surface area (Å²) in [4.78, 5) is 2.51. The number of hydrogen-bond donors (Lipinski definition) is 1. The minimum atomic E-state index is 0.227. The fraction of sp³-hybridized carbons (Fsp3) is 1.00. The molecule has 0 aromatic carbocycles. The highest BCUT2D eigenvalue weighted by molar-refractivity contribution is 4.77. The van der Waals surface area contributed by atoms with Gasteiger partial charge in [-0.1, -0.05) is 6.92 Å². The molecule has 0 saturated carbocycles. The Morgan fingerprint density at radius 3 is 1.93 bits per heavy atom. The molecule has 0 heterocycles. The minimum absolute atomic E-state index is 0.227. The molecule has 0 spiro atoms. The van der Waals surface area contributed by atoms with Crippen molar-refractivity contribution in [3.8, 4) is 0 Å². The SMILES string of the molecule is CCN(C(C)C)C(C)CNC(C)(C)C. The maximum atomic E-state index is 3.55. The molecule has 0 aliphatic carbocycles. The molecular formula is C12H28N2. The van der Waals surface area contributed by atoms with Gasteiger partial charge in [0.25, 0.3) is 0 Å². The zero-order valence-corrected chi connectivity index (χ0v) is 11.0. The number of nitrogens with one attached hydrogen (secondary N) is 1. The predicted molar refractivity (Wildman–Crippen MR) is 64.7 cm³/mol. The van der Waals surface area contributed by atoms with E-state index in [2.05, 4.69) is 58.7 Å². The lowest BCUT2D eigenvalue weighted by Gasteiger charge is -2.34. The molecule has 14 heavy (non-hydrogen) atoms. The lowest BCUT2D eigenvalue weighted by atomic mass is 10.1. The first-order chi connectivity index (χ1) is 6.28. The van der Waals surface area contributed by atoms with Crippen molar-refractivity contribution in [2.24, 2.45) is 0 Å². The first kappa shape index (κ1) is 13.9. The van der Waals surface area contributed by atoms with Gasteiger partial charge < -0.3 is 5.32 Å². The highest BCUT2D eigenvalue weighted by Gasteiger charge is 2.17. The molecule has 1 atom stereocenters. The molecule has 0 fully saturated rings. The van der Waals surface area contributed by atoms with Crippen LogP contribution in [0.25, 0.3) is 0 Å². The van der Waals surface area contributed by atoms with Crippen LogP contribution in [0.5, 0.6) is 0 Å². The predicted octanol–water partition coefficient (Wildman–Crippen LogP) is 2.49. The average molecular weight is 200 g/mol. The molecule has 0 rings (SSSR count). The van der Waals surface area contributed by atoms with Crippen molar-refractivity contribution in [3.63, 3.8) is 0 Å². The molecule has 2 nitrogen and oxygen atoms in total. The molecule has 0 aromatic rings. The van der Waals surface area contributed by atoms with Gasteiger partial charge in [0, 0.05) is 24.2 Å². The second-order valence-corrected chi connectivity index (χ2v) is 5.40. The molecular weight excluding hydrogens is 172 g/mol. The van der Waals surface area contributed by atoms with E-state index in [1.165, 1.54) is 0 Å². The van der Waals surface area contributed by atoms with Crippen LogP contribution < -0.4 is 5.32 Å². The molecule has 86 valence electrons. The van der Waals surface area contributed by atoms with Gasteiger partial charge in [0.2, 0.25) is 0 Å². The molecule has 2 heteroatoms. The van der Waals surface area contributed by atoms with Crippen LogP contribution in [0.3, 0.4) is 0 Å². The molecule has 0 saturated heterocycles. The van der Waals surface area contributed by atoms with Gasteiger partial charge >= 0.3 is 0 Å².